The summed E-state index contributed by atoms with van der Waals surface area (Å²) in [6.07, 6.45) is 1.25. The van der Waals surface area contributed by atoms with Gasteiger partial charge in [-0.15, -0.1) is 5.10 Å². The quantitative estimate of drug-likeness (QED) is 0.468. The first-order chi connectivity index (χ1) is 9.13. The number of benzene rings is 1. The van der Waals surface area contributed by atoms with Crippen molar-refractivity contribution in [1.82, 2.24) is 15.0 Å². The lowest BCUT2D eigenvalue weighted by molar-refractivity contribution is -0.384. The molecule has 98 valence electrons. The fourth-order valence-corrected chi connectivity index (χ4v) is 1.51. The van der Waals surface area contributed by atoms with E-state index in [4.69, 9.17) is 4.74 Å². The van der Waals surface area contributed by atoms with Gasteiger partial charge in [-0.2, -0.15) is 0 Å². The van der Waals surface area contributed by atoms with Gasteiger partial charge in [0, 0.05) is 12.1 Å². The highest BCUT2D eigenvalue weighted by Crippen LogP contribution is 2.17. The van der Waals surface area contributed by atoms with Crippen molar-refractivity contribution in [3.63, 3.8) is 0 Å². The van der Waals surface area contributed by atoms with Gasteiger partial charge < -0.3 is 4.74 Å². The second-order valence-electron chi connectivity index (χ2n) is 3.53. The number of ether oxygens (including phenoxy) is 1. The van der Waals surface area contributed by atoms with Crippen molar-refractivity contribution in [2.24, 2.45) is 0 Å². The Hall–Kier alpha value is -2.77. The third-order valence-electron chi connectivity index (χ3n) is 2.32. The number of hydrogen-bond donors (Lipinski definition) is 0. The lowest BCUT2D eigenvalue weighted by Gasteiger charge is -2.05. The molecule has 2 aromatic rings. The Bertz CT molecular complexity index is 623. The summed E-state index contributed by atoms with van der Waals surface area (Å²) in [6.45, 7) is 1.90. The molecule has 0 fully saturated rings. The van der Waals surface area contributed by atoms with E-state index in [0.29, 0.717) is 5.69 Å². The Morgan fingerprint density at radius 3 is 3.00 bits per heavy atom. The maximum atomic E-state index is 11.7. The zero-order chi connectivity index (χ0) is 13.8. The standard InChI is InChI=1S/C11H10N4O4/c1-2-19-11(16)10-7-12-13-14(10)8-4-3-5-9(6-8)15(17)18/h3-7H,2H2,1H3. The van der Waals surface area contributed by atoms with Gasteiger partial charge >= 0.3 is 5.97 Å². The van der Waals surface area contributed by atoms with Crippen LogP contribution in [0.3, 0.4) is 0 Å². The van der Waals surface area contributed by atoms with E-state index in [1.807, 2.05) is 0 Å². The zero-order valence-corrected chi connectivity index (χ0v) is 10.0. The minimum Gasteiger partial charge on any atom is -0.461 e. The number of esters is 1. The van der Waals surface area contributed by atoms with Crippen LogP contribution in [0, 0.1) is 10.1 Å². The normalized spacial score (nSPS) is 10.2. The van der Waals surface area contributed by atoms with E-state index < -0.39 is 10.9 Å². The van der Waals surface area contributed by atoms with Crippen molar-refractivity contribution < 1.29 is 14.5 Å². The van der Waals surface area contributed by atoms with Gasteiger partial charge in [-0.3, -0.25) is 10.1 Å². The molecule has 0 spiro atoms. The Balaban J connectivity index is 2.42. The van der Waals surface area contributed by atoms with Crippen molar-refractivity contribution in [3.05, 3.63) is 46.3 Å². The van der Waals surface area contributed by atoms with E-state index in [1.54, 1.807) is 13.0 Å². The molecule has 8 heteroatoms. The van der Waals surface area contributed by atoms with Crippen molar-refractivity contribution in [3.8, 4) is 5.69 Å². The molecule has 8 nitrogen and oxygen atoms in total. The maximum Gasteiger partial charge on any atom is 0.358 e. The fourth-order valence-electron chi connectivity index (χ4n) is 1.51. The Labute approximate surface area is 107 Å². The summed E-state index contributed by atoms with van der Waals surface area (Å²) in [6, 6.07) is 5.75. The average Bonchev–Trinajstić information content (AvgIpc) is 2.88. The van der Waals surface area contributed by atoms with Crippen LogP contribution in [0.5, 0.6) is 0 Å². The molecule has 0 aliphatic heterocycles. The summed E-state index contributed by atoms with van der Waals surface area (Å²) in [5, 5.41) is 18.1. The minimum absolute atomic E-state index is 0.0946. The monoisotopic (exact) mass is 262 g/mol. The number of nitro groups is 1. The first kappa shape index (κ1) is 12.7. The van der Waals surface area contributed by atoms with Crippen LogP contribution in [-0.4, -0.2) is 32.5 Å². The number of carbonyl (C=O) groups excluding carboxylic acids is 1. The summed E-state index contributed by atoms with van der Waals surface area (Å²) in [7, 11) is 0. The van der Waals surface area contributed by atoms with Crippen LogP contribution in [0.4, 0.5) is 5.69 Å². The van der Waals surface area contributed by atoms with Crippen LogP contribution in [0.15, 0.2) is 30.5 Å². The molecule has 1 heterocycles. The van der Waals surface area contributed by atoms with E-state index in [1.165, 1.54) is 29.1 Å². The van der Waals surface area contributed by atoms with Crippen LogP contribution in [0.1, 0.15) is 17.4 Å². The molecule has 0 unspecified atom stereocenters. The molecule has 0 radical (unpaired) electrons. The largest absolute Gasteiger partial charge is 0.461 e. The van der Waals surface area contributed by atoms with Gasteiger partial charge in [0.15, 0.2) is 5.69 Å². The van der Waals surface area contributed by atoms with Gasteiger partial charge in [0.05, 0.1) is 23.4 Å². The number of aromatic nitrogens is 3. The molecule has 0 amide bonds. The zero-order valence-electron chi connectivity index (χ0n) is 10.0. The van der Waals surface area contributed by atoms with Crippen molar-refractivity contribution in [1.29, 1.82) is 0 Å². The fraction of sp³-hybridized carbons (Fsp3) is 0.182. The van der Waals surface area contributed by atoms with Gasteiger partial charge in [0.2, 0.25) is 0 Å². The van der Waals surface area contributed by atoms with Crippen molar-refractivity contribution in [2.45, 2.75) is 6.92 Å². The van der Waals surface area contributed by atoms with Crippen LogP contribution >= 0.6 is 0 Å². The van der Waals surface area contributed by atoms with E-state index in [2.05, 4.69) is 10.3 Å². The lowest BCUT2D eigenvalue weighted by Crippen LogP contribution is -2.12. The molecule has 0 saturated heterocycles. The molecular formula is C11H10N4O4. The van der Waals surface area contributed by atoms with Gasteiger partial charge in [-0.25, -0.2) is 9.48 Å². The number of rotatable bonds is 4. The van der Waals surface area contributed by atoms with Crippen LogP contribution < -0.4 is 0 Å². The van der Waals surface area contributed by atoms with E-state index in [-0.39, 0.29) is 18.0 Å². The molecule has 2 rings (SSSR count). The molecule has 1 aromatic carbocycles. The Kier molecular flexibility index (Phi) is 3.51. The maximum absolute atomic E-state index is 11.7. The first-order valence-electron chi connectivity index (χ1n) is 5.46. The smallest absolute Gasteiger partial charge is 0.358 e. The van der Waals surface area contributed by atoms with Gasteiger partial charge in [0.25, 0.3) is 5.69 Å². The molecule has 0 aliphatic carbocycles. The van der Waals surface area contributed by atoms with Gasteiger partial charge in [-0.1, -0.05) is 11.3 Å². The third-order valence-corrected chi connectivity index (χ3v) is 2.32. The highest BCUT2D eigenvalue weighted by atomic mass is 16.6. The highest BCUT2D eigenvalue weighted by Gasteiger charge is 2.17. The first-order valence-corrected chi connectivity index (χ1v) is 5.46. The van der Waals surface area contributed by atoms with Crippen molar-refractivity contribution >= 4 is 11.7 Å². The molecule has 0 atom stereocenters. The van der Waals surface area contributed by atoms with Gasteiger partial charge in [0.1, 0.15) is 0 Å². The summed E-state index contributed by atoms with van der Waals surface area (Å²) < 4.78 is 6.05. The predicted molar refractivity (Wildman–Crippen MR) is 64.0 cm³/mol. The molecule has 0 aliphatic rings. The van der Waals surface area contributed by atoms with Crippen molar-refractivity contribution in [2.75, 3.05) is 6.61 Å². The second kappa shape index (κ2) is 5.25. The average molecular weight is 262 g/mol. The molecule has 0 N–H and O–H groups in total. The SMILES string of the molecule is CCOC(=O)c1cnnn1-c1cccc([N+](=O)[O-])c1. The minimum atomic E-state index is -0.584. The summed E-state index contributed by atoms with van der Waals surface area (Å²) >= 11 is 0. The van der Waals surface area contributed by atoms with Crippen LogP contribution in [0.2, 0.25) is 0 Å². The van der Waals surface area contributed by atoms with Gasteiger partial charge in [-0.05, 0) is 13.0 Å². The van der Waals surface area contributed by atoms with Crippen LogP contribution in [0.25, 0.3) is 5.69 Å². The number of non-ortho nitro benzene ring substituents is 1. The number of nitrogens with zero attached hydrogens (tertiary/aromatic N) is 4. The molecule has 1 aromatic heterocycles. The molecule has 19 heavy (non-hydrogen) atoms. The molecule has 0 saturated carbocycles. The summed E-state index contributed by atoms with van der Waals surface area (Å²) in [5.41, 5.74) is 0.389. The third kappa shape index (κ3) is 2.57. The highest BCUT2D eigenvalue weighted by molar-refractivity contribution is 5.87. The number of nitro benzene ring substituents is 1. The topological polar surface area (TPSA) is 100 Å². The summed E-state index contributed by atoms with van der Waals surface area (Å²) in [5.74, 6) is -0.584. The Morgan fingerprint density at radius 1 is 1.53 bits per heavy atom. The molecule has 0 bridgehead atoms. The predicted octanol–water partition coefficient (Wildman–Crippen LogP) is 1.35. The van der Waals surface area contributed by atoms with E-state index >= 15 is 0 Å². The second-order valence-corrected chi connectivity index (χ2v) is 3.53. The Morgan fingerprint density at radius 2 is 2.32 bits per heavy atom. The number of hydrogen-bond acceptors (Lipinski definition) is 6. The van der Waals surface area contributed by atoms with Crippen LogP contribution in [-0.2, 0) is 4.74 Å². The number of carbonyl (C=O) groups is 1. The lowest BCUT2D eigenvalue weighted by atomic mass is 10.3. The molecular weight excluding hydrogens is 252 g/mol. The van der Waals surface area contributed by atoms with E-state index in [9.17, 15) is 14.9 Å². The summed E-state index contributed by atoms with van der Waals surface area (Å²) in [4.78, 5) is 21.9. The van der Waals surface area contributed by atoms with E-state index in [0.717, 1.165) is 0 Å².